The first-order valence-corrected chi connectivity index (χ1v) is 3.40. The molecular formula is C8H10O3. The van der Waals surface area contributed by atoms with E-state index in [2.05, 4.69) is 6.58 Å². The van der Waals surface area contributed by atoms with Gasteiger partial charge < -0.3 is 9.47 Å². The van der Waals surface area contributed by atoms with E-state index >= 15 is 0 Å². The van der Waals surface area contributed by atoms with E-state index in [-0.39, 0.29) is 12.1 Å². The fourth-order valence-corrected chi connectivity index (χ4v) is 0.534. The van der Waals surface area contributed by atoms with E-state index in [1.54, 1.807) is 0 Å². The first-order valence-electron chi connectivity index (χ1n) is 3.40. The van der Waals surface area contributed by atoms with Gasteiger partial charge in [-0.1, -0.05) is 18.7 Å². The van der Waals surface area contributed by atoms with E-state index in [1.807, 2.05) is 0 Å². The second-order valence-electron chi connectivity index (χ2n) is 2.18. The molecule has 1 heterocycles. The number of allylic oxidation sites excluding steroid dienone is 2. The van der Waals surface area contributed by atoms with Crippen LogP contribution in [0.1, 0.15) is 0 Å². The highest BCUT2D eigenvalue weighted by Gasteiger charge is 2.23. The third-order valence-corrected chi connectivity index (χ3v) is 1.18. The molecule has 0 saturated carbocycles. The lowest BCUT2D eigenvalue weighted by molar-refractivity contribution is -0.138. The van der Waals surface area contributed by atoms with Crippen LogP contribution in [0.5, 0.6) is 0 Å². The zero-order valence-corrected chi connectivity index (χ0v) is 6.16. The summed E-state index contributed by atoms with van der Waals surface area (Å²) >= 11 is 0. The summed E-state index contributed by atoms with van der Waals surface area (Å²) in [6.07, 6.45) is 4.52. The van der Waals surface area contributed by atoms with E-state index in [0.717, 1.165) is 0 Å². The number of ether oxygens (including phenoxy) is 2. The van der Waals surface area contributed by atoms with E-state index in [1.165, 1.54) is 18.2 Å². The van der Waals surface area contributed by atoms with Crippen LogP contribution in [0, 0.1) is 0 Å². The van der Waals surface area contributed by atoms with Gasteiger partial charge in [-0.3, -0.25) is 0 Å². The zero-order chi connectivity index (χ0) is 8.10. The zero-order valence-electron chi connectivity index (χ0n) is 6.16. The molecule has 0 aromatic heterocycles. The van der Waals surface area contributed by atoms with Crippen molar-refractivity contribution in [3.8, 4) is 0 Å². The van der Waals surface area contributed by atoms with Crippen molar-refractivity contribution in [1.82, 2.24) is 0 Å². The fraction of sp³-hybridized carbons (Fsp3) is 0.375. The van der Waals surface area contributed by atoms with Crippen molar-refractivity contribution in [2.75, 3.05) is 13.2 Å². The first-order chi connectivity index (χ1) is 5.33. The molecule has 1 unspecified atom stereocenters. The van der Waals surface area contributed by atoms with Crippen LogP contribution in [0.15, 0.2) is 24.8 Å². The maximum absolute atomic E-state index is 10.7. The Balaban J connectivity index is 2.08. The van der Waals surface area contributed by atoms with Crippen molar-refractivity contribution in [2.24, 2.45) is 0 Å². The lowest BCUT2D eigenvalue weighted by Gasteiger charge is -1.95. The molecule has 0 aliphatic carbocycles. The smallest absolute Gasteiger partial charge is 0.330 e. The molecule has 1 aliphatic heterocycles. The normalized spacial score (nSPS) is 21.6. The summed E-state index contributed by atoms with van der Waals surface area (Å²) in [5.41, 5.74) is 0. The van der Waals surface area contributed by atoms with Gasteiger partial charge in [-0.05, 0) is 0 Å². The van der Waals surface area contributed by atoms with Crippen molar-refractivity contribution < 1.29 is 14.3 Å². The Bertz CT molecular complexity index is 180. The number of carbonyl (C=O) groups excluding carboxylic acids is 1. The van der Waals surface area contributed by atoms with Crippen LogP contribution in [0.3, 0.4) is 0 Å². The summed E-state index contributed by atoms with van der Waals surface area (Å²) in [5.74, 6) is -0.347. The highest BCUT2D eigenvalue weighted by Crippen LogP contribution is 2.08. The molecule has 1 aliphatic rings. The van der Waals surface area contributed by atoms with Crippen LogP contribution in [0.2, 0.25) is 0 Å². The molecule has 1 fully saturated rings. The molecule has 3 heteroatoms. The molecule has 60 valence electrons. The van der Waals surface area contributed by atoms with Crippen LogP contribution in [-0.2, 0) is 14.3 Å². The van der Waals surface area contributed by atoms with Gasteiger partial charge in [0.05, 0.1) is 6.61 Å². The van der Waals surface area contributed by atoms with Gasteiger partial charge in [-0.15, -0.1) is 0 Å². The minimum atomic E-state index is -0.347. The predicted octanol–water partition coefficient (Wildman–Crippen LogP) is 0.671. The molecular weight excluding hydrogens is 144 g/mol. The average Bonchev–Trinajstić information content (AvgIpc) is 2.80. The van der Waals surface area contributed by atoms with Crippen LogP contribution < -0.4 is 0 Å². The Hall–Kier alpha value is -1.09. The number of hydrogen-bond donors (Lipinski definition) is 0. The molecule has 0 aromatic carbocycles. The summed E-state index contributed by atoms with van der Waals surface area (Å²) in [6.45, 7) is 4.49. The first kappa shape index (κ1) is 8.01. The third-order valence-electron chi connectivity index (χ3n) is 1.18. The summed E-state index contributed by atoms with van der Waals surface area (Å²) in [6, 6.07) is 0. The standard InChI is InChI=1S/C8H10O3/c1-2-3-4-8(9)11-6-7-5-10-7/h2-4,7H,1,5-6H2/b4-3+. The largest absolute Gasteiger partial charge is 0.460 e. The van der Waals surface area contributed by atoms with Crippen molar-refractivity contribution in [2.45, 2.75) is 6.10 Å². The highest BCUT2D eigenvalue weighted by atomic mass is 16.6. The van der Waals surface area contributed by atoms with Gasteiger partial charge in [-0.2, -0.15) is 0 Å². The van der Waals surface area contributed by atoms with Crippen LogP contribution in [0.4, 0.5) is 0 Å². The number of rotatable bonds is 4. The van der Waals surface area contributed by atoms with Gasteiger partial charge in [0.25, 0.3) is 0 Å². The molecule has 11 heavy (non-hydrogen) atoms. The molecule has 3 nitrogen and oxygen atoms in total. The second kappa shape index (κ2) is 3.93. The van der Waals surface area contributed by atoms with Gasteiger partial charge in [0.1, 0.15) is 12.7 Å². The lowest BCUT2D eigenvalue weighted by atomic mass is 10.5. The van der Waals surface area contributed by atoms with E-state index in [0.29, 0.717) is 13.2 Å². The Morgan fingerprint density at radius 2 is 2.55 bits per heavy atom. The molecule has 0 N–H and O–H groups in total. The predicted molar refractivity (Wildman–Crippen MR) is 40.0 cm³/mol. The summed E-state index contributed by atoms with van der Waals surface area (Å²) in [5, 5.41) is 0. The topological polar surface area (TPSA) is 38.8 Å². The molecule has 1 rings (SSSR count). The van der Waals surface area contributed by atoms with Crippen LogP contribution in [-0.4, -0.2) is 25.3 Å². The summed E-state index contributed by atoms with van der Waals surface area (Å²) in [4.78, 5) is 10.7. The molecule has 0 radical (unpaired) electrons. The third kappa shape index (κ3) is 3.57. The molecule has 0 spiro atoms. The average molecular weight is 154 g/mol. The Kier molecular flexibility index (Phi) is 2.86. The Morgan fingerprint density at radius 3 is 3.09 bits per heavy atom. The van der Waals surface area contributed by atoms with Gasteiger partial charge in [0, 0.05) is 6.08 Å². The van der Waals surface area contributed by atoms with E-state index in [4.69, 9.17) is 9.47 Å². The summed E-state index contributed by atoms with van der Waals surface area (Å²) < 4.78 is 9.61. The SMILES string of the molecule is C=C/C=C/C(=O)OCC1CO1. The molecule has 0 amide bonds. The van der Waals surface area contributed by atoms with Crippen molar-refractivity contribution in [3.63, 3.8) is 0 Å². The lowest BCUT2D eigenvalue weighted by Crippen LogP contribution is -2.06. The minimum Gasteiger partial charge on any atom is -0.460 e. The quantitative estimate of drug-likeness (QED) is 0.258. The molecule has 0 bridgehead atoms. The van der Waals surface area contributed by atoms with Gasteiger partial charge in [0.15, 0.2) is 0 Å². The number of carbonyl (C=O) groups is 1. The second-order valence-corrected chi connectivity index (χ2v) is 2.18. The van der Waals surface area contributed by atoms with Crippen LogP contribution >= 0.6 is 0 Å². The molecule has 1 atom stereocenters. The highest BCUT2D eigenvalue weighted by molar-refractivity contribution is 5.82. The van der Waals surface area contributed by atoms with E-state index < -0.39 is 0 Å². The van der Waals surface area contributed by atoms with Gasteiger partial charge in [0.2, 0.25) is 0 Å². The minimum absolute atomic E-state index is 0.135. The van der Waals surface area contributed by atoms with Crippen molar-refractivity contribution in [1.29, 1.82) is 0 Å². The van der Waals surface area contributed by atoms with E-state index in [9.17, 15) is 4.79 Å². The van der Waals surface area contributed by atoms with Crippen molar-refractivity contribution >= 4 is 5.97 Å². The van der Waals surface area contributed by atoms with Gasteiger partial charge >= 0.3 is 5.97 Å². The van der Waals surface area contributed by atoms with Crippen LogP contribution in [0.25, 0.3) is 0 Å². The van der Waals surface area contributed by atoms with Crippen molar-refractivity contribution in [3.05, 3.63) is 24.8 Å². The fourth-order valence-electron chi connectivity index (χ4n) is 0.534. The number of epoxide rings is 1. The summed E-state index contributed by atoms with van der Waals surface area (Å²) in [7, 11) is 0. The Labute approximate surface area is 65.3 Å². The monoisotopic (exact) mass is 154 g/mol. The molecule has 1 saturated heterocycles. The molecule has 0 aromatic rings. The maximum atomic E-state index is 10.7. The number of hydrogen-bond acceptors (Lipinski definition) is 3. The number of esters is 1. The Morgan fingerprint density at radius 1 is 1.82 bits per heavy atom. The maximum Gasteiger partial charge on any atom is 0.330 e. The van der Waals surface area contributed by atoms with Gasteiger partial charge in [-0.25, -0.2) is 4.79 Å².